The van der Waals surface area contributed by atoms with E-state index in [2.05, 4.69) is 23.4 Å². The number of aryl methyl sites for hydroxylation is 1. The van der Waals surface area contributed by atoms with Crippen molar-refractivity contribution in [1.82, 2.24) is 9.55 Å². The normalized spacial score (nSPS) is 13.8. The highest BCUT2D eigenvalue weighted by atomic mass is 15.1. The summed E-state index contributed by atoms with van der Waals surface area (Å²) in [6.07, 6.45) is 3.81. The molecule has 0 aliphatic rings. The maximum absolute atomic E-state index is 5.69. The number of hydrogen-bond acceptors (Lipinski definition) is 2. The molecule has 0 radical (unpaired) electrons. The van der Waals surface area contributed by atoms with Crippen molar-refractivity contribution in [2.45, 2.75) is 26.8 Å². The van der Waals surface area contributed by atoms with Gasteiger partial charge < -0.3 is 10.3 Å². The molecule has 2 N–H and O–H groups in total. The van der Waals surface area contributed by atoms with Crippen molar-refractivity contribution in [3.05, 3.63) is 18.2 Å². The molecule has 1 unspecified atom stereocenters. The first kappa shape index (κ1) is 9.26. The summed E-state index contributed by atoms with van der Waals surface area (Å²) in [4.78, 5) is 4.18. The molecule has 68 valence electrons. The molecule has 3 nitrogen and oxygen atoms in total. The van der Waals surface area contributed by atoms with Gasteiger partial charge in [0.25, 0.3) is 0 Å². The molecule has 1 atom stereocenters. The first-order valence-electron chi connectivity index (χ1n) is 4.36. The van der Waals surface area contributed by atoms with Crippen molar-refractivity contribution < 1.29 is 0 Å². The average molecular weight is 167 g/mol. The Bertz CT molecular complexity index is 240. The van der Waals surface area contributed by atoms with Crippen LogP contribution in [0.5, 0.6) is 0 Å². The highest BCUT2D eigenvalue weighted by Crippen LogP contribution is 2.17. The third-order valence-corrected chi connectivity index (χ3v) is 2.23. The highest BCUT2D eigenvalue weighted by molar-refractivity contribution is 4.93. The van der Waals surface area contributed by atoms with Crippen LogP contribution < -0.4 is 5.73 Å². The zero-order chi connectivity index (χ0) is 9.14. The predicted octanol–water partition coefficient (Wildman–Crippen LogP) is 1.35. The van der Waals surface area contributed by atoms with Gasteiger partial charge in [0.15, 0.2) is 0 Å². The van der Waals surface area contributed by atoms with Crippen LogP contribution in [-0.2, 0) is 0 Å². The van der Waals surface area contributed by atoms with E-state index in [1.165, 1.54) is 0 Å². The van der Waals surface area contributed by atoms with E-state index in [4.69, 9.17) is 5.73 Å². The van der Waals surface area contributed by atoms with Gasteiger partial charge in [-0.1, -0.05) is 13.8 Å². The number of rotatable bonds is 3. The van der Waals surface area contributed by atoms with Crippen LogP contribution in [0.3, 0.4) is 0 Å². The van der Waals surface area contributed by atoms with Gasteiger partial charge in [0, 0.05) is 25.0 Å². The SMILES string of the molecule is Cc1nccn1C(CN)C(C)C. The van der Waals surface area contributed by atoms with E-state index >= 15 is 0 Å². The third kappa shape index (κ3) is 1.67. The average Bonchev–Trinajstić information content (AvgIpc) is 2.38. The van der Waals surface area contributed by atoms with E-state index in [1.807, 2.05) is 19.3 Å². The second-order valence-electron chi connectivity index (χ2n) is 3.43. The van der Waals surface area contributed by atoms with Gasteiger partial charge in [0.2, 0.25) is 0 Å². The minimum atomic E-state index is 0.382. The first-order chi connectivity index (χ1) is 5.66. The Labute approximate surface area is 73.6 Å². The number of hydrogen-bond donors (Lipinski definition) is 1. The Balaban J connectivity index is 2.87. The summed E-state index contributed by atoms with van der Waals surface area (Å²) in [5, 5.41) is 0. The molecule has 0 saturated carbocycles. The fourth-order valence-electron chi connectivity index (χ4n) is 1.45. The summed E-state index contributed by atoms with van der Waals surface area (Å²) in [5.41, 5.74) is 5.69. The maximum atomic E-state index is 5.69. The van der Waals surface area contributed by atoms with Crippen molar-refractivity contribution >= 4 is 0 Å². The Morgan fingerprint density at radius 2 is 2.25 bits per heavy atom. The van der Waals surface area contributed by atoms with Crippen molar-refractivity contribution in [3.8, 4) is 0 Å². The van der Waals surface area contributed by atoms with Gasteiger partial charge in [-0.15, -0.1) is 0 Å². The molecule has 0 bridgehead atoms. The monoisotopic (exact) mass is 167 g/mol. The van der Waals surface area contributed by atoms with Crippen LogP contribution in [0.25, 0.3) is 0 Å². The van der Waals surface area contributed by atoms with Gasteiger partial charge in [-0.25, -0.2) is 4.98 Å². The topological polar surface area (TPSA) is 43.8 Å². The molecule has 1 heterocycles. The molecular weight excluding hydrogens is 150 g/mol. The Kier molecular flexibility index (Phi) is 2.87. The quantitative estimate of drug-likeness (QED) is 0.738. The summed E-state index contributed by atoms with van der Waals surface area (Å²) < 4.78 is 2.14. The first-order valence-corrected chi connectivity index (χ1v) is 4.36. The predicted molar refractivity (Wildman–Crippen MR) is 49.9 cm³/mol. The van der Waals surface area contributed by atoms with E-state index in [0.29, 0.717) is 18.5 Å². The fraction of sp³-hybridized carbons (Fsp3) is 0.667. The van der Waals surface area contributed by atoms with Crippen LogP contribution in [0.15, 0.2) is 12.4 Å². The van der Waals surface area contributed by atoms with Crippen molar-refractivity contribution in [2.24, 2.45) is 11.7 Å². The van der Waals surface area contributed by atoms with Gasteiger partial charge in [0.1, 0.15) is 5.82 Å². The van der Waals surface area contributed by atoms with Crippen LogP contribution in [0.4, 0.5) is 0 Å². The van der Waals surface area contributed by atoms with E-state index in [1.54, 1.807) is 0 Å². The van der Waals surface area contributed by atoms with Gasteiger partial charge >= 0.3 is 0 Å². The molecule has 1 rings (SSSR count). The molecule has 0 spiro atoms. The molecule has 1 aromatic heterocycles. The Hall–Kier alpha value is -0.830. The second kappa shape index (κ2) is 3.72. The van der Waals surface area contributed by atoms with Crippen LogP contribution in [0.2, 0.25) is 0 Å². The molecule has 0 aliphatic carbocycles. The van der Waals surface area contributed by atoms with Crippen molar-refractivity contribution in [1.29, 1.82) is 0 Å². The molecule has 0 aliphatic heterocycles. The summed E-state index contributed by atoms with van der Waals surface area (Å²) in [6.45, 7) is 7.04. The van der Waals surface area contributed by atoms with Gasteiger partial charge in [0.05, 0.1) is 0 Å². The van der Waals surface area contributed by atoms with Crippen molar-refractivity contribution in [3.63, 3.8) is 0 Å². The Morgan fingerprint density at radius 1 is 1.58 bits per heavy atom. The molecule has 0 saturated heterocycles. The molecule has 0 fully saturated rings. The van der Waals surface area contributed by atoms with Gasteiger partial charge in [-0.05, 0) is 12.8 Å². The fourth-order valence-corrected chi connectivity index (χ4v) is 1.45. The summed E-state index contributed by atoms with van der Waals surface area (Å²) >= 11 is 0. The lowest BCUT2D eigenvalue weighted by molar-refractivity contribution is 0.378. The summed E-state index contributed by atoms with van der Waals surface area (Å²) in [5.74, 6) is 1.60. The highest BCUT2D eigenvalue weighted by Gasteiger charge is 2.14. The molecule has 12 heavy (non-hydrogen) atoms. The number of nitrogens with zero attached hydrogens (tertiary/aromatic N) is 2. The molecule has 1 aromatic rings. The second-order valence-corrected chi connectivity index (χ2v) is 3.43. The van der Waals surface area contributed by atoms with Crippen LogP contribution in [0.1, 0.15) is 25.7 Å². The molecule has 0 aromatic carbocycles. The third-order valence-electron chi connectivity index (χ3n) is 2.23. The molecular formula is C9H17N3. The van der Waals surface area contributed by atoms with Crippen LogP contribution >= 0.6 is 0 Å². The zero-order valence-electron chi connectivity index (χ0n) is 7.99. The van der Waals surface area contributed by atoms with Crippen LogP contribution in [0, 0.1) is 12.8 Å². The minimum Gasteiger partial charge on any atom is -0.331 e. The Morgan fingerprint density at radius 3 is 2.58 bits per heavy atom. The van der Waals surface area contributed by atoms with Gasteiger partial charge in [-0.3, -0.25) is 0 Å². The molecule has 3 heteroatoms. The standard InChI is InChI=1S/C9H17N3/c1-7(2)9(6-10)12-5-4-11-8(12)3/h4-5,7,9H,6,10H2,1-3H3. The van der Waals surface area contributed by atoms with E-state index in [9.17, 15) is 0 Å². The minimum absolute atomic E-state index is 0.382. The number of imidazole rings is 1. The molecule has 0 amide bonds. The number of nitrogens with two attached hydrogens (primary N) is 1. The zero-order valence-corrected chi connectivity index (χ0v) is 7.99. The number of aromatic nitrogens is 2. The van der Waals surface area contributed by atoms with E-state index in [-0.39, 0.29) is 0 Å². The lowest BCUT2D eigenvalue weighted by atomic mass is 10.0. The van der Waals surface area contributed by atoms with Crippen LogP contribution in [-0.4, -0.2) is 16.1 Å². The van der Waals surface area contributed by atoms with Crippen molar-refractivity contribution in [2.75, 3.05) is 6.54 Å². The van der Waals surface area contributed by atoms with E-state index < -0.39 is 0 Å². The van der Waals surface area contributed by atoms with Gasteiger partial charge in [-0.2, -0.15) is 0 Å². The smallest absolute Gasteiger partial charge is 0.105 e. The summed E-state index contributed by atoms with van der Waals surface area (Å²) in [7, 11) is 0. The maximum Gasteiger partial charge on any atom is 0.105 e. The van der Waals surface area contributed by atoms with E-state index in [0.717, 1.165) is 5.82 Å². The lowest BCUT2D eigenvalue weighted by Crippen LogP contribution is -2.24. The lowest BCUT2D eigenvalue weighted by Gasteiger charge is -2.21. The largest absolute Gasteiger partial charge is 0.331 e. The summed E-state index contributed by atoms with van der Waals surface area (Å²) in [6, 6.07) is 0.382.